The highest BCUT2D eigenvalue weighted by atomic mass is 16.2. The van der Waals surface area contributed by atoms with Gasteiger partial charge < -0.3 is 9.80 Å². The highest BCUT2D eigenvalue weighted by Crippen LogP contribution is 2.28. The van der Waals surface area contributed by atoms with Gasteiger partial charge in [0.05, 0.1) is 0 Å². The number of carbonyl (C=O) groups is 2. The first kappa shape index (κ1) is 20.0. The van der Waals surface area contributed by atoms with E-state index in [0.29, 0.717) is 6.42 Å². The summed E-state index contributed by atoms with van der Waals surface area (Å²) in [6.45, 7) is 13.9. The molecule has 2 heterocycles. The minimum Gasteiger partial charge on any atom is -0.342 e. The summed E-state index contributed by atoms with van der Waals surface area (Å²) in [6, 6.07) is 0. The fourth-order valence-electron chi connectivity index (χ4n) is 4.06. The van der Waals surface area contributed by atoms with Gasteiger partial charge in [-0.3, -0.25) is 9.59 Å². The Morgan fingerprint density at radius 2 is 1.20 bits per heavy atom. The lowest BCUT2D eigenvalue weighted by atomic mass is 9.83. The van der Waals surface area contributed by atoms with Gasteiger partial charge in [-0.05, 0) is 50.9 Å². The first-order valence-corrected chi connectivity index (χ1v) is 10.2. The third-order valence-electron chi connectivity index (χ3n) is 6.11. The van der Waals surface area contributed by atoms with E-state index >= 15 is 0 Å². The van der Waals surface area contributed by atoms with Crippen LogP contribution in [0.15, 0.2) is 12.2 Å². The van der Waals surface area contributed by atoms with Gasteiger partial charge in [0.1, 0.15) is 0 Å². The van der Waals surface area contributed by atoms with Crippen molar-refractivity contribution in [3.8, 4) is 0 Å². The van der Waals surface area contributed by atoms with Gasteiger partial charge >= 0.3 is 0 Å². The number of hydrogen-bond acceptors (Lipinski definition) is 2. The maximum Gasteiger partial charge on any atom is 0.225 e. The quantitative estimate of drug-likeness (QED) is 0.684. The van der Waals surface area contributed by atoms with Crippen molar-refractivity contribution in [3.63, 3.8) is 0 Å². The van der Waals surface area contributed by atoms with E-state index in [9.17, 15) is 9.59 Å². The van der Waals surface area contributed by atoms with Gasteiger partial charge in [0.15, 0.2) is 0 Å². The molecule has 0 aliphatic carbocycles. The molecule has 142 valence electrons. The van der Waals surface area contributed by atoms with Crippen LogP contribution < -0.4 is 0 Å². The maximum atomic E-state index is 12.7. The Morgan fingerprint density at radius 3 is 1.68 bits per heavy atom. The molecule has 25 heavy (non-hydrogen) atoms. The first-order chi connectivity index (χ1) is 11.9. The van der Waals surface area contributed by atoms with Crippen LogP contribution in [-0.4, -0.2) is 47.8 Å². The molecule has 4 heteroatoms. The summed E-state index contributed by atoms with van der Waals surface area (Å²) in [5.74, 6) is 0.533. The molecule has 0 aromatic carbocycles. The maximum absolute atomic E-state index is 12.7. The van der Waals surface area contributed by atoms with Crippen molar-refractivity contribution in [1.82, 2.24) is 9.80 Å². The van der Waals surface area contributed by atoms with E-state index in [1.165, 1.54) is 12.8 Å². The second kappa shape index (κ2) is 9.40. The average Bonchev–Trinajstić information content (AvgIpc) is 2.66. The lowest BCUT2D eigenvalue weighted by molar-refractivity contribution is -0.137. The number of carbonyl (C=O) groups excluding carboxylic acids is 2. The van der Waals surface area contributed by atoms with Crippen LogP contribution in [0.3, 0.4) is 0 Å². The predicted molar refractivity (Wildman–Crippen MR) is 102 cm³/mol. The van der Waals surface area contributed by atoms with Crippen molar-refractivity contribution < 1.29 is 9.59 Å². The van der Waals surface area contributed by atoms with Crippen molar-refractivity contribution in [2.45, 2.75) is 65.7 Å². The summed E-state index contributed by atoms with van der Waals surface area (Å²) >= 11 is 0. The van der Waals surface area contributed by atoms with Gasteiger partial charge in [0.25, 0.3) is 0 Å². The molecule has 0 spiro atoms. The SMILES string of the molecule is C=C(C[C@@H](C)C(=O)N1CCCCC1)[C@H](C)[C@@H](C)C(=O)N1CCCCC1. The zero-order chi connectivity index (χ0) is 18.4. The smallest absolute Gasteiger partial charge is 0.225 e. The molecule has 2 saturated heterocycles. The summed E-state index contributed by atoms with van der Waals surface area (Å²) < 4.78 is 0. The molecule has 2 aliphatic heterocycles. The molecule has 0 aromatic heterocycles. The van der Waals surface area contributed by atoms with Crippen molar-refractivity contribution in [2.24, 2.45) is 17.8 Å². The number of allylic oxidation sites excluding steroid dienone is 1. The Labute approximate surface area is 153 Å². The van der Waals surface area contributed by atoms with Gasteiger partial charge in [0.2, 0.25) is 11.8 Å². The van der Waals surface area contributed by atoms with Gasteiger partial charge in [-0.15, -0.1) is 0 Å². The molecule has 4 nitrogen and oxygen atoms in total. The Morgan fingerprint density at radius 1 is 0.760 bits per heavy atom. The van der Waals surface area contributed by atoms with Crippen LogP contribution >= 0.6 is 0 Å². The van der Waals surface area contributed by atoms with Crippen LogP contribution in [0.25, 0.3) is 0 Å². The van der Waals surface area contributed by atoms with Crippen molar-refractivity contribution in [1.29, 1.82) is 0 Å². The van der Waals surface area contributed by atoms with Crippen LogP contribution in [0, 0.1) is 17.8 Å². The van der Waals surface area contributed by atoms with Crippen LogP contribution in [0.1, 0.15) is 65.7 Å². The molecule has 0 unspecified atom stereocenters. The van der Waals surface area contributed by atoms with E-state index in [1.54, 1.807) is 0 Å². The lowest BCUT2D eigenvalue weighted by Crippen LogP contribution is -2.41. The molecule has 3 atom stereocenters. The summed E-state index contributed by atoms with van der Waals surface area (Å²) in [5, 5.41) is 0. The summed E-state index contributed by atoms with van der Waals surface area (Å²) in [7, 11) is 0. The van der Waals surface area contributed by atoms with Crippen molar-refractivity contribution in [2.75, 3.05) is 26.2 Å². The predicted octanol–water partition coefficient (Wildman–Crippen LogP) is 3.87. The van der Waals surface area contributed by atoms with E-state index in [-0.39, 0.29) is 29.6 Å². The van der Waals surface area contributed by atoms with Crippen molar-refractivity contribution >= 4 is 11.8 Å². The second-order valence-corrected chi connectivity index (χ2v) is 8.11. The minimum atomic E-state index is -0.0529. The molecule has 0 radical (unpaired) electrons. The van der Waals surface area contributed by atoms with E-state index in [4.69, 9.17) is 0 Å². The average molecular weight is 349 g/mol. The third-order valence-corrected chi connectivity index (χ3v) is 6.11. The Hall–Kier alpha value is -1.32. The second-order valence-electron chi connectivity index (χ2n) is 8.11. The molecule has 0 saturated carbocycles. The fourth-order valence-corrected chi connectivity index (χ4v) is 4.06. The van der Waals surface area contributed by atoms with Crippen LogP contribution in [0.4, 0.5) is 0 Å². The number of nitrogens with zero attached hydrogens (tertiary/aromatic N) is 2. The number of piperidine rings is 2. The van der Waals surface area contributed by atoms with Crippen LogP contribution in [0.5, 0.6) is 0 Å². The highest BCUT2D eigenvalue weighted by Gasteiger charge is 2.29. The Balaban J connectivity index is 1.85. The van der Waals surface area contributed by atoms with Crippen LogP contribution in [-0.2, 0) is 9.59 Å². The van der Waals surface area contributed by atoms with Gasteiger partial charge in [0, 0.05) is 38.0 Å². The number of rotatable bonds is 6. The summed E-state index contributed by atoms with van der Waals surface area (Å²) in [5.41, 5.74) is 1.04. The molecule has 2 fully saturated rings. The summed E-state index contributed by atoms with van der Waals surface area (Å²) in [6.07, 6.45) is 7.64. The number of hydrogen-bond donors (Lipinski definition) is 0. The molecule has 0 aromatic rings. The largest absolute Gasteiger partial charge is 0.342 e. The third kappa shape index (κ3) is 5.32. The normalized spacial score (nSPS) is 22.2. The van der Waals surface area contributed by atoms with E-state index in [0.717, 1.165) is 57.4 Å². The lowest BCUT2D eigenvalue weighted by Gasteiger charge is -2.33. The van der Waals surface area contributed by atoms with E-state index in [1.807, 2.05) is 23.6 Å². The van der Waals surface area contributed by atoms with E-state index < -0.39 is 0 Å². The Kier molecular flexibility index (Phi) is 7.52. The van der Waals surface area contributed by atoms with Gasteiger partial charge in [-0.1, -0.05) is 32.9 Å². The van der Waals surface area contributed by atoms with Crippen LogP contribution in [0.2, 0.25) is 0 Å². The molecular weight excluding hydrogens is 312 g/mol. The first-order valence-electron chi connectivity index (χ1n) is 10.2. The van der Waals surface area contributed by atoms with Gasteiger partial charge in [-0.2, -0.15) is 0 Å². The summed E-state index contributed by atoms with van der Waals surface area (Å²) in [4.78, 5) is 29.4. The Bertz CT molecular complexity index is 476. The molecule has 2 amide bonds. The van der Waals surface area contributed by atoms with Crippen molar-refractivity contribution in [3.05, 3.63) is 12.2 Å². The number of amides is 2. The molecule has 0 bridgehead atoms. The molecular formula is C21H36N2O2. The zero-order valence-electron chi connectivity index (χ0n) is 16.4. The molecule has 2 rings (SSSR count). The highest BCUT2D eigenvalue weighted by molar-refractivity contribution is 5.80. The number of likely N-dealkylation sites (tertiary alicyclic amines) is 2. The van der Waals surface area contributed by atoms with E-state index in [2.05, 4.69) is 13.5 Å². The minimum absolute atomic E-state index is 0.0367. The van der Waals surface area contributed by atoms with Gasteiger partial charge in [-0.25, -0.2) is 0 Å². The molecule has 0 N–H and O–H groups in total. The zero-order valence-corrected chi connectivity index (χ0v) is 16.4. The standard InChI is InChI=1S/C21H36N2O2/c1-16(15-17(2)20(24)22-11-7-5-8-12-22)18(3)19(4)21(25)23-13-9-6-10-14-23/h17-19H,1,5-15H2,2-4H3/t17-,18+,19-/m1/s1. The fraction of sp³-hybridized carbons (Fsp3) is 0.810. The molecule has 2 aliphatic rings. The topological polar surface area (TPSA) is 40.6 Å². The monoisotopic (exact) mass is 348 g/mol.